The smallest absolute Gasteiger partial charge is 0.249 e. The molecule has 76 valence electrons. The maximum absolute atomic E-state index is 11.1. The van der Waals surface area contributed by atoms with Gasteiger partial charge in [0.1, 0.15) is 0 Å². The molecular formula is C10H13ClN2O. The lowest BCUT2D eigenvalue weighted by molar-refractivity contribution is 0.0999. The summed E-state index contributed by atoms with van der Waals surface area (Å²) < 4.78 is 0. The van der Waals surface area contributed by atoms with Gasteiger partial charge >= 0.3 is 0 Å². The second-order valence-corrected chi connectivity index (χ2v) is 3.23. The van der Waals surface area contributed by atoms with Crippen LogP contribution in [0.2, 0.25) is 0 Å². The molecule has 0 aromatic heterocycles. The molecule has 0 bridgehead atoms. The van der Waals surface area contributed by atoms with Crippen molar-refractivity contribution in [1.29, 1.82) is 0 Å². The van der Waals surface area contributed by atoms with Crippen molar-refractivity contribution >= 4 is 24.0 Å². The number of primary amides is 1. The number of halogens is 1. The third kappa shape index (κ3) is 1.82. The van der Waals surface area contributed by atoms with Gasteiger partial charge in [0.2, 0.25) is 5.91 Å². The number of benzene rings is 1. The van der Waals surface area contributed by atoms with Gasteiger partial charge in [-0.2, -0.15) is 0 Å². The Morgan fingerprint density at radius 1 is 1.43 bits per heavy atom. The van der Waals surface area contributed by atoms with Gasteiger partial charge in [0.05, 0.1) is 0 Å². The largest absolute Gasteiger partial charge is 0.385 e. The molecule has 3 nitrogen and oxygen atoms in total. The molecule has 0 aliphatic carbocycles. The molecule has 3 N–H and O–H groups in total. The molecule has 1 aliphatic heterocycles. The molecule has 0 atom stereocenters. The van der Waals surface area contributed by atoms with Crippen molar-refractivity contribution in [1.82, 2.24) is 0 Å². The van der Waals surface area contributed by atoms with Crippen LogP contribution in [0.5, 0.6) is 0 Å². The van der Waals surface area contributed by atoms with Gasteiger partial charge in [-0.05, 0) is 30.5 Å². The Morgan fingerprint density at radius 2 is 2.21 bits per heavy atom. The normalized spacial score (nSPS) is 13.4. The molecule has 1 aromatic carbocycles. The van der Waals surface area contributed by atoms with E-state index >= 15 is 0 Å². The molecule has 0 saturated carbocycles. The van der Waals surface area contributed by atoms with E-state index in [9.17, 15) is 4.79 Å². The van der Waals surface area contributed by atoms with Gasteiger partial charge in [-0.3, -0.25) is 4.79 Å². The number of fused-ring (bicyclic) bond motifs is 1. The van der Waals surface area contributed by atoms with Crippen molar-refractivity contribution in [3.05, 3.63) is 29.3 Å². The quantitative estimate of drug-likeness (QED) is 0.743. The average molecular weight is 213 g/mol. The van der Waals surface area contributed by atoms with E-state index in [1.807, 2.05) is 12.1 Å². The molecule has 0 spiro atoms. The maximum Gasteiger partial charge on any atom is 0.249 e. The minimum absolute atomic E-state index is 0. The Morgan fingerprint density at radius 3 is 2.93 bits per heavy atom. The zero-order valence-electron chi connectivity index (χ0n) is 7.75. The molecule has 1 heterocycles. The molecule has 14 heavy (non-hydrogen) atoms. The molecule has 0 saturated heterocycles. The van der Waals surface area contributed by atoms with Gasteiger partial charge in [0.25, 0.3) is 0 Å². The summed E-state index contributed by atoms with van der Waals surface area (Å²) in [5.41, 5.74) is 8.06. The Balaban J connectivity index is 0.000000980. The Hall–Kier alpha value is -1.22. The topological polar surface area (TPSA) is 55.1 Å². The van der Waals surface area contributed by atoms with Crippen LogP contribution in [0.1, 0.15) is 22.3 Å². The number of anilines is 1. The van der Waals surface area contributed by atoms with Crippen LogP contribution in [0.15, 0.2) is 18.2 Å². The predicted molar refractivity (Wildman–Crippen MR) is 59.0 cm³/mol. The molecule has 1 amide bonds. The number of amides is 1. The highest BCUT2D eigenvalue weighted by atomic mass is 35.5. The fraction of sp³-hybridized carbons (Fsp3) is 0.300. The van der Waals surface area contributed by atoms with E-state index in [1.165, 1.54) is 0 Å². The number of nitrogens with two attached hydrogens (primary N) is 1. The monoisotopic (exact) mass is 212 g/mol. The molecule has 4 heteroatoms. The zero-order valence-corrected chi connectivity index (χ0v) is 8.56. The zero-order chi connectivity index (χ0) is 9.26. The number of rotatable bonds is 1. The minimum atomic E-state index is -0.333. The van der Waals surface area contributed by atoms with Gasteiger partial charge in [-0.25, -0.2) is 0 Å². The molecule has 0 fully saturated rings. The van der Waals surface area contributed by atoms with Crippen LogP contribution in [0.3, 0.4) is 0 Å². The van der Waals surface area contributed by atoms with E-state index in [-0.39, 0.29) is 18.3 Å². The number of nitrogens with one attached hydrogen (secondary N) is 1. The van der Waals surface area contributed by atoms with Crippen molar-refractivity contribution < 1.29 is 4.79 Å². The first-order valence-corrected chi connectivity index (χ1v) is 4.44. The summed E-state index contributed by atoms with van der Waals surface area (Å²) in [7, 11) is 0. The molecule has 2 rings (SSSR count). The van der Waals surface area contributed by atoms with E-state index in [1.54, 1.807) is 6.07 Å². The number of carbonyl (C=O) groups is 1. The van der Waals surface area contributed by atoms with Crippen molar-refractivity contribution in [2.24, 2.45) is 5.73 Å². The van der Waals surface area contributed by atoms with Crippen LogP contribution in [-0.2, 0) is 6.42 Å². The third-order valence-corrected chi connectivity index (χ3v) is 2.36. The number of carbonyl (C=O) groups excluding carboxylic acids is 1. The van der Waals surface area contributed by atoms with Gasteiger partial charge < -0.3 is 11.1 Å². The third-order valence-electron chi connectivity index (χ3n) is 2.36. The van der Waals surface area contributed by atoms with E-state index in [4.69, 9.17) is 5.73 Å². The second-order valence-electron chi connectivity index (χ2n) is 3.23. The van der Waals surface area contributed by atoms with E-state index in [0.29, 0.717) is 5.56 Å². The Kier molecular flexibility index (Phi) is 3.36. The van der Waals surface area contributed by atoms with Crippen LogP contribution >= 0.6 is 12.4 Å². The summed E-state index contributed by atoms with van der Waals surface area (Å²) in [6.07, 6.45) is 2.01. The van der Waals surface area contributed by atoms with Gasteiger partial charge in [-0.1, -0.05) is 6.07 Å². The Bertz CT molecular complexity index is 352. The van der Waals surface area contributed by atoms with E-state index in [0.717, 1.165) is 30.6 Å². The molecule has 1 aromatic rings. The van der Waals surface area contributed by atoms with Crippen LogP contribution < -0.4 is 11.1 Å². The van der Waals surface area contributed by atoms with Gasteiger partial charge in [0.15, 0.2) is 0 Å². The molecular weight excluding hydrogens is 200 g/mol. The summed E-state index contributed by atoms with van der Waals surface area (Å²) in [6.45, 7) is 0.981. The van der Waals surface area contributed by atoms with E-state index in [2.05, 4.69) is 5.32 Å². The predicted octanol–water partition coefficient (Wildman–Crippen LogP) is 1.57. The van der Waals surface area contributed by atoms with Crippen LogP contribution in [0, 0.1) is 0 Å². The molecule has 0 unspecified atom stereocenters. The minimum Gasteiger partial charge on any atom is -0.385 e. The summed E-state index contributed by atoms with van der Waals surface area (Å²) in [5.74, 6) is -0.333. The van der Waals surface area contributed by atoms with Gasteiger partial charge in [-0.15, -0.1) is 12.4 Å². The lowest BCUT2D eigenvalue weighted by atomic mass is 9.97. The lowest BCUT2D eigenvalue weighted by Gasteiger charge is -2.19. The van der Waals surface area contributed by atoms with Crippen LogP contribution in [0.25, 0.3) is 0 Å². The van der Waals surface area contributed by atoms with Crippen molar-refractivity contribution in [3.63, 3.8) is 0 Å². The fourth-order valence-electron chi connectivity index (χ4n) is 1.74. The fourth-order valence-corrected chi connectivity index (χ4v) is 1.74. The summed E-state index contributed by atoms with van der Waals surface area (Å²) in [5, 5.41) is 3.25. The highest BCUT2D eigenvalue weighted by molar-refractivity contribution is 5.96. The first-order valence-electron chi connectivity index (χ1n) is 4.44. The number of hydrogen-bond donors (Lipinski definition) is 2. The second kappa shape index (κ2) is 4.33. The molecule has 0 radical (unpaired) electrons. The summed E-state index contributed by atoms with van der Waals surface area (Å²) in [4.78, 5) is 11.1. The first-order chi connectivity index (χ1) is 6.29. The average Bonchev–Trinajstić information content (AvgIpc) is 2.17. The highest BCUT2D eigenvalue weighted by Crippen LogP contribution is 2.24. The standard InChI is InChI=1S/C10H12N2O.ClH/c11-10(13)8-3-1-5-9-7(8)4-2-6-12-9;/h1,3,5,12H,2,4,6H2,(H2,11,13);1H. The maximum atomic E-state index is 11.1. The SMILES string of the molecule is Cl.NC(=O)c1cccc2c1CCCN2. The number of hydrogen-bond acceptors (Lipinski definition) is 2. The highest BCUT2D eigenvalue weighted by Gasteiger charge is 2.14. The van der Waals surface area contributed by atoms with Gasteiger partial charge in [0, 0.05) is 17.8 Å². The van der Waals surface area contributed by atoms with Crippen molar-refractivity contribution in [2.75, 3.05) is 11.9 Å². The van der Waals surface area contributed by atoms with Crippen LogP contribution in [-0.4, -0.2) is 12.5 Å². The Labute approximate surface area is 89.1 Å². The van der Waals surface area contributed by atoms with Crippen molar-refractivity contribution in [2.45, 2.75) is 12.8 Å². The summed E-state index contributed by atoms with van der Waals surface area (Å²) >= 11 is 0. The lowest BCUT2D eigenvalue weighted by Crippen LogP contribution is -2.19. The first kappa shape index (κ1) is 10.9. The molecule has 1 aliphatic rings. The van der Waals surface area contributed by atoms with E-state index < -0.39 is 0 Å². The van der Waals surface area contributed by atoms with Crippen LogP contribution in [0.4, 0.5) is 5.69 Å². The summed E-state index contributed by atoms with van der Waals surface area (Å²) in [6, 6.07) is 5.63. The van der Waals surface area contributed by atoms with Crippen molar-refractivity contribution in [3.8, 4) is 0 Å².